The van der Waals surface area contributed by atoms with Crippen molar-refractivity contribution in [3.05, 3.63) is 102 Å². The fourth-order valence-electron chi connectivity index (χ4n) is 3.47. The van der Waals surface area contributed by atoms with E-state index >= 15 is 0 Å². The third-order valence-electron chi connectivity index (χ3n) is 5.27. The van der Waals surface area contributed by atoms with Crippen molar-refractivity contribution in [1.29, 1.82) is 0 Å². The van der Waals surface area contributed by atoms with E-state index in [0.717, 1.165) is 16.3 Å². The van der Waals surface area contributed by atoms with Crippen LogP contribution in [0.3, 0.4) is 0 Å². The smallest absolute Gasteiger partial charge is 0.240 e. The van der Waals surface area contributed by atoms with Crippen molar-refractivity contribution < 1.29 is 16.8 Å². The summed E-state index contributed by atoms with van der Waals surface area (Å²) in [7, 11) is -7.82. The van der Waals surface area contributed by atoms with Crippen molar-refractivity contribution in [1.82, 2.24) is 9.71 Å². The van der Waals surface area contributed by atoms with Gasteiger partial charge in [0.25, 0.3) is 0 Å². The third-order valence-corrected chi connectivity index (χ3v) is 8.81. The molecule has 4 rings (SSSR count). The highest BCUT2D eigenvalue weighted by molar-refractivity contribution is 7.92. The van der Waals surface area contributed by atoms with Gasteiger partial charge in [-0.3, -0.25) is 4.98 Å². The molecule has 0 saturated carbocycles. The Kier molecular flexibility index (Phi) is 6.10. The van der Waals surface area contributed by atoms with Crippen molar-refractivity contribution >= 4 is 30.6 Å². The highest BCUT2D eigenvalue weighted by Crippen LogP contribution is 2.29. The molecule has 4 aromatic rings. The molecule has 0 aliphatic rings. The molecule has 0 radical (unpaired) electrons. The van der Waals surface area contributed by atoms with Crippen LogP contribution in [0.5, 0.6) is 0 Å². The number of aromatic nitrogens is 1. The van der Waals surface area contributed by atoms with Crippen LogP contribution in [0.4, 0.5) is 0 Å². The Morgan fingerprint density at radius 3 is 2.19 bits per heavy atom. The quantitative estimate of drug-likeness (QED) is 0.444. The van der Waals surface area contributed by atoms with Gasteiger partial charge in [-0.25, -0.2) is 21.6 Å². The molecular formula is C24H22N2O4S2. The second-order valence-electron chi connectivity index (χ2n) is 7.49. The number of sulfonamides is 1. The summed E-state index contributed by atoms with van der Waals surface area (Å²) in [6, 6.07) is 22.0. The Balaban J connectivity index is 1.67. The molecule has 0 aliphatic carbocycles. The molecule has 6 nitrogen and oxygen atoms in total. The molecule has 0 fully saturated rings. The highest BCUT2D eigenvalue weighted by Gasteiger charge is 2.31. The molecule has 8 heteroatoms. The van der Waals surface area contributed by atoms with Crippen molar-refractivity contribution in [2.75, 3.05) is 6.54 Å². The highest BCUT2D eigenvalue weighted by atomic mass is 32.2. The topological polar surface area (TPSA) is 93.2 Å². The minimum absolute atomic E-state index is 0.0777. The van der Waals surface area contributed by atoms with Gasteiger partial charge in [-0.15, -0.1) is 0 Å². The first kappa shape index (κ1) is 22.1. The number of nitrogens with one attached hydrogen (secondary N) is 1. The van der Waals surface area contributed by atoms with Gasteiger partial charge < -0.3 is 0 Å². The molecule has 1 atom stereocenters. The van der Waals surface area contributed by atoms with Gasteiger partial charge in [-0.2, -0.15) is 0 Å². The molecular weight excluding hydrogens is 444 g/mol. The largest absolute Gasteiger partial charge is 0.264 e. The van der Waals surface area contributed by atoms with Gasteiger partial charge in [0.1, 0.15) is 5.25 Å². The second-order valence-corrected chi connectivity index (χ2v) is 11.4. The molecule has 1 unspecified atom stereocenters. The van der Waals surface area contributed by atoms with Crippen molar-refractivity contribution in [3.8, 4) is 0 Å². The lowest BCUT2D eigenvalue weighted by molar-refractivity contribution is 0.568. The van der Waals surface area contributed by atoms with E-state index in [2.05, 4.69) is 9.71 Å². The van der Waals surface area contributed by atoms with E-state index in [1.165, 1.54) is 30.6 Å². The van der Waals surface area contributed by atoms with E-state index in [1.807, 2.05) is 31.2 Å². The Morgan fingerprint density at radius 1 is 0.812 bits per heavy atom. The average Bonchev–Trinajstić information content (AvgIpc) is 2.79. The van der Waals surface area contributed by atoms with Gasteiger partial charge in [-0.1, -0.05) is 54.1 Å². The molecule has 1 N–H and O–H groups in total. The molecule has 0 saturated heterocycles. The van der Waals surface area contributed by atoms with Crippen LogP contribution in [0, 0.1) is 6.92 Å². The lowest BCUT2D eigenvalue weighted by Gasteiger charge is -2.19. The SMILES string of the molecule is Cc1ccc(S(=O)(=O)C(CNS(=O)(=O)c2ccc3ccccc3c2)c2cccnc2)cc1. The second kappa shape index (κ2) is 8.82. The molecule has 3 aromatic carbocycles. The Hall–Kier alpha value is -3.07. The number of pyridine rings is 1. The summed E-state index contributed by atoms with van der Waals surface area (Å²) in [6.07, 6.45) is 2.99. The lowest BCUT2D eigenvalue weighted by atomic mass is 10.1. The summed E-state index contributed by atoms with van der Waals surface area (Å²) >= 11 is 0. The number of aryl methyl sites for hydroxylation is 1. The van der Waals surface area contributed by atoms with E-state index in [0.29, 0.717) is 5.56 Å². The van der Waals surface area contributed by atoms with Crippen LogP contribution in [0.25, 0.3) is 10.8 Å². The van der Waals surface area contributed by atoms with Gasteiger partial charge in [-0.05, 0) is 53.6 Å². The molecule has 1 heterocycles. The van der Waals surface area contributed by atoms with Crippen LogP contribution in [-0.4, -0.2) is 28.4 Å². The molecule has 164 valence electrons. The summed E-state index contributed by atoms with van der Waals surface area (Å²) < 4.78 is 55.3. The fourth-order valence-corrected chi connectivity index (χ4v) is 6.30. The number of benzene rings is 3. The minimum atomic E-state index is -3.94. The van der Waals surface area contributed by atoms with E-state index in [9.17, 15) is 16.8 Å². The molecule has 1 aromatic heterocycles. The van der Waals surface area contributed by atoms with Crippen molar-refractivity contribution in [3.63, 3.8) is 0 Å². The predicted octanol–water partition coefficient (Wildman–Crippen LogP) is 4.04. The molecule has 0 aliphatic heterocycles. The maximum absolute atomic E-state index is 13.4. The number of sulfone groups is 1. The normalized spacial score (nSPS) is 13.2. The summed E-state index contributed by atoms with van der Waals surface area (Å²) in [5, 5.41) is 0.572. The minimum Gasteiger partial charge on any atom is -0.264 e. The monoisotopic (exact) mass is 466 g/mol. The molecule has 0 spiro atoms. The predicted molar refractivity (Wildman–Crippen MR) is 124 cm³/mol. The molecule has 0 bridgehead atoms. The van der Waals surface area contributed by atoms with E-state index < -0.39 is 25.1 Å². The summed E-state index contributed by atoms with van der Waals surface area (Å²) in [5.41, 5.74) is 1.34. The first-order chi connectivity index (χ1) is 15.3. The van der Waals surface area contributed by atoms with Gasteiger partial charge in [0, 0.05) is 18.9 Å². The van der Waals surface area contributed by atoms with Crippen LogP contribution in [0.1, 0.15) is 16.4 Å². The zero-order valence-electron chi connectivity index (χ0n) is 17.3. The Bertz CT molecular complexity index is 1450. The first-order valence-corrected chi connectivity index (χ1v) is 13.0. The van der Waals surface area contributed by atoms with Crippen LogP contribution in [0.2, 0.25) is 0 Å². The number of fused-ring (bicyclic) bond motifs is 1. The van der Waals surface area contributed by atoms with Crippen molar-refractivity contribution in [2.45, 2.75) is 22.0 Å². The Morgan fingerprint density at radius 2 is 1.50 bits per heavy atom. The number of rotatable bonds is 7. The summed E-state index contributed by atoms with van der Waals surface area (Å²) in [6.45, 7) is 1.55. The van der Waals surface area contributed by atoms with Crippen LogP contribution in [0.15, 0.2) is 101 Å². The lowest BCUT2D eigenvalue weighted by Crippen LogP contribution is -2.32. The first-order valence-electron chi connectivity index (χ1n) is 9.96. The van der Waals surface area contributed by atoms with Gasteiger partial charge in [0.05, 0.1) is 9.79 Å². The zero-order chi connectivity index (χ0) is 22.8. The average molecular weight is 467 g/mol. The fraction of sp³-hybridized carbons (Fsp3) is 0.125. The van der Waals surface area contributed by atoms with Crippen LogP contribution >= 0.6 is 0 Å². The maximum Gasteiger partial charge on any atom is 0.240 e. The van der Waals surface area contributed by atoms with E-state index in [4.69, 9.17) is 0 Å². The van der Waals surface area contributed by atoms with Gasteiger partial charge >= 0.3 is 0 Å². The third kappa shape index (κ3) is 4.57. The summed E-state index contributed by atoms with van der Waals surface area (Å²) in [5.74, 6) is 0. The van der Waals surface area contributed by atoms with E-state index in [-0.39, 0.29) is 16.3 Å². The molecule has 0 amide bonds. The van der Waals surface area contributed by atoms with Crippen molar-refractivity contribution in [2.24, 2.45) is 0 Å². The van der Waals surface area contributed by atoms with Gasteiger partial charge in [0.15, 0.2) is 9.84 Å². The summed E-state index contributed by atoms with van der Waals surface area (Å²) in [4.78, 5) is 4.23. The van der Waals surface area contributed by atoms with Crippen LogP contribution in [-0.2, 0) is 19.9 Å². The standard InChI is InChI=1S/C24H22N2O4S2/c1-18-8-11-22(12-9-18)31(27,28)24(21-7-4-14-25-16-21)17-26-32(29,30)23-13-10-19-5-2-3-6-20(19)15-23/h2-16,24,26H,17H2,1H3. The number of hydrogen-bond acceptors (Lipinski definition) is 5. The zero-order valence-corrected chi connectivity index (χ0v) is 19.0. The van der Waals surface area contributed by atoms with E-state index in [1.54, 1.807) is 36.4 Å². The number of nitrogens with zero attached hydrogens (tertiary/aromatic N) is 1. The van der Waals surface area contributed by atoms with Crippen LogP contribution < -0.4 is 4.72 Å². The number of hydrogen-bond donors (Lipinski definition) is 1. The Labute approximate surface area is 187 Å². The van der Waals surface area contributed by atoms with Gasteiger partial charge in [0.2, 0.25) is 10.0 Å². The molecule has 32 heavy (non-hydrogen) atoms. The maximum atomic E-state index is 13.4.